The van der Waals surface area contributed by atoms with Gasteiger partial charge in [0.05, 0.1) is 10.5 Å². The highest BCUT2D eigenvalue weighted by Gasteiger charge is 2.30. The number of halogens is 1. The van der Waals surface area contributed by atoms with Crippen LogP contribution in [0.4, 0.5) is 4.39 Å². The van der Waals surface area contributed by atoms with E-state index in [1.807, 2.05) is 20.8 Å². The molecule has 0 radical (unpaired) electrons. The summed E-state index contributed by atoms with van der Waals surface area (Å²) in [7, 11) is -1.26. The third kappa shape index (κ3) is 3.25. The first-order valence-corrected chi connectivity index (χ1v) is 7.25. The number of hydrogen-bond acceptors (Lipinski definition) is 1. The Balaban J connectivity index is 2.32. The maximum Gasteiger partial charge on any atom is 0.145 e. The summed E-state index contributed by atoms with van der Waals surface area (Å²) in [6, 6.07) is 6.28. The second-order valence-corrected chi connectivity index (χ2v) is 7.52. The molecular formula is C14H18FNOS. The molecule has 18 heavy (non-hydrogen) atoms. The molecule has 98 valence electrons. The molecule has 0 amide bonds. The van der Waals surface area contributed by atoms with Crippen molar-refractivity contribution in [2.45, 2.75) is 38.4 Å². The SMILES string of the molecule is CC(C)(C)[S@](=O)/N=C(/c1ccc(F)cc1)C1CC1. The van der Waals surface area contributed by atoms with E-state index in [0.29, 0.717) is 5.92 Å². The van der Waals surface area contributed by atoms with Crippen LogP contribution in [0.2, 0.25) is 0 Å². The molecule has 0 spiro atoms. The molecular weight excluding hydrogens is 249 g/mol. The van der Waals surface area contributed by atoms with Gasteiger partial charge in [-0.15, -0.1) is 0 Å². The van der Waals surface area contributed by atoms with Gasteiger partial charge in [0.2, 0.25) is 0 Å². The summed E-state index contributed by atoms with van der Waals surface area (Å²) in [4.78, 5) is 0. The zero-order valence-electron chi connectivity index (χ0n) is 10.9. The molecule has 1 atom stereocenters. The molecule has 1 aliphatic rings. The van der Waals surface area contributed by atoms with Gasteiger partial charge in [-0.05, 0) is 51.3 Å². The number of hydrogen-bond donors (Lipinski definition) is 0. The first-order chi connectivity index (χ1) is 8.38. The molecule has 4 heteroatoms. The third-order valence-electron chi connectivity index (χ3n) is 2.81. The van der Waals surface area contributed by atoms with E-state index >= 15 is 0 Å². The summed E-state index contributed by atoms with van der Waals surface area (Å²) in [6.45, 7) is 5.71. The van der Waals surface area contributed by atoms with Gasteiger partial charge in [-0.3, -0.25) is 0 Å². The van der Waals surface area contributed by atoms with Gasteiger partial charge < -0.3 is 0 Å². The van der Waals surface area contributed by atoms with E-state index in [1.165, 1.54) is 12.1 Å². The summed E-state index contributed by atoms with van der Waals surface area (Å²) in [5.74, 6) is 0.132. The average molecular weight is 267 g/mol. The van der Waals surface area contributed by atoms with Crippen LogP contribution in [-0.4, -0.2) is 14.7 Å². The predicted molar refractivity (Wildman–Crippen MR) is 73.6 cm³/mol. The van der Waals surface area contributed by atoms with E-state index in [1.54, 1.807) is 12.1 Å². The van der Waals surface area contributed by atoms with E-state index in [2.05, 4.69) is 4.40 Å². The Labute approximate surface area is 110 Å². The Morgan fingerprint density at radius 1 is 1.28 bits per heavy atom. The van der Waals surface area contributed by atoms with E-state index < -0.39 is 11.0 Å². The predicted octanol–water partition coefficient (Wildman–Crippen LogP) is 3.49. The van der Waals surface area contributed by atoms with Crippen molar-refractivity contribution < 1.29 is 8.60 Å². The molecule has 0 heterocycles. The second kappa shape index (κ2) is 4.92. The molecule has 2 rings (SSSR count). The molecule has 2 nitrogen and oxygen atoms in total. The Kier molecular flexibility index (Phi) is 3.66. The summed E-state index contributed by atoms with van der Waals surface area (Å²) >= 11 is 0. The van der Waals surface area contributed by atoms with Gasteiger partial charge in [-0.25, -0.2) is 8.60 Å². The van der Waals surface area contributed by atoms with Crippen molar-refractivity contribution in [3.8, 4) is 0 Å². The lowest BCUT2D eigenvalue weighted by Crippen LogP contribution is -2.21. The molecule has 1 saturated carbocycles. The smallest absolute Gasteiger partial charge is 0.145 e. The van der Waals surface area contributed by atoms with Crippen molar-refractivity contribution in [1.29, 1.82) is 0 Å². The van der Waals surface area contributed by atoms with Crippen molar-refractivity contribution in [3.63, 3.8) is 0 Å². The molecule has 1 aliphatic carbocycles. The summed E-state index contributed by atoms with van der Waals surface area (Å²) in [5, 5.41) is 0. The van der Waals surface area contributed by atoms with E-state index in [-0.39, 0.29) is 10.6 Å². The maximum absolute atomic E-state index is 12.9. The van der Waals surface area contributed by atoms with Gasteiger partial charge in [-0.1, -0.05) is 12.1 Å². The molecule has 0 aromatic heterocycles. The monoisotopic (exact) mass is 267 g/mol. The maximum atomic E-state index is 12.9. The topological polar surface area (TPSA) is 29.4 Å². The van der Waals surface area contributed by atoms with Crippen molar-refractivity contribution in [2.75, 3.05) is 0 Å². The van der Waals surface area contributed by atoms with Gasteiger partial charge >= 0.3 is 0 Å². The molecule has 0 aliphatic heterocycles. The van der Waals surface area contributed by atoms with Crippen LogP contribution in [0.15, 0.2) is 28.7 Å². The fraction of sp³-hybridized carbons (Fsp3) is 0.500. The fourth-order valence-corrected chi connectivity index (χ4v) is 2.27. The van der Waals surface area contributed by atoms with Crippen molar-refractivity contribution in [2.24, 2.45) is 10.3 Å². The van der Waals surface area contributed by atoms with Gasteiger partial charge in [0, 0.05) is 5.92 Å². The van der Waals surface area contributed by atoms with Crippen LogP contribution in [0.25, 0.3) is 0 Å². The summed E-state index contributed by atoms with van der Waals surface area (Å²) in [5.41, 5.74) is 1.75. The van der Waals surface area contributed by atoms with Crippen LogP contribution in [0.1, 0.15) is 39.2 Å². The fourth-order valence-electron chi connectivity index (χ4n) is 1.57. The van der Waals surface area contributed by atoms with Crippen molar-refractivity contribution in [3.05, 3.63) is 35.6 Å². The highest BCUT2D eigenvalue weighted by atomic mass is 32.2. The lowest BCUT2D eigenvalue weighted by Gasteiger charge is -2.15. The van der Waals surface area contributed by atoms with Crippen LogP contribution < -0.4 is 0 Å². The van der Waals surface area contributed by atoms with Crippen LogP contribution in [-0.2, 0) is 11.0 Å². The number of nitrogens with zero attached hydrogens (tertiary/aromatic N) is 1. The van der Waals surface area contributed by atoms with Crippen LogP contribution in [0.5, 0.6) is 0 Å². The number of rotatable bonds is 3. The minimum Gasteiger partial charge on any atom is -0.234 e. The Morgan fingerprint density at radius 2 is 1.83 bits per heavy atom. The first-order valence-electron chi connectivity index (χ1n) is 6.14. The lowest BCUT2D eigenvalue weighted by molar-refractivity contribution is 0.627. The van der Waals surface area contributed by atoms with Crippen LogP contribution in [0.3, 0.4) is 0 Å². The summed E-state index contributed by atoms with van der Waals surface area (Å²) in [6.07, 6.45) is 2.16. The second-order valence-electron chi connectivity index (χ2n) is 5.62. The molecule has 0 N–H and O–H groups in total. The molecule has 1 aromatic rings. The molecule has 1 aromatic carbocycles. The average Bonchev–Trinajstić information content (AvgIpc) is 3.09. The van der Waals surface area contributed by atoms with Crippen molar-refractivity contribution >= 4 is 16.7 Å². The number of benzene rings is 1. The van der Waals surface area contributed by atoms with Gasteiger partial charge in [-0.2, -0.15) is 4.40 Å². The zero-order chi connectivity index (χ0) is 13.3. The quantitative estimate of drug-likeness (QED) is 0.771. The van der Waals surface area contributed by atoms with Gasteiger partial charge in [0.1, 0.15) is 16.8 Å². The molecule has 1 fully saturated rings. The van der Waals surface area contributed by atoms with Crippen LogP contribution >= 0.6 is 0 Å². The molecule has 0 bridgehead atoms. The highest BCUT2D eigenvalue weighted by molar-refractivity contribution is 7.85. The van der Waals surface area contributed by atoms with Crippen LogP contribution in [0, 0.1) is 11.7 Å². The largest absolute Gasteiger partial charge is 0.234 e. The lowest BCUT2D eigenvalue weighted by atomic mass is 10.1. The standard InChI is InChI=1S/C14H18FNOS/c1-14(2,3)18(17)16-13(10-4-5-10)11-6-8-12(15)9-7-11/h6-10H,4-5H2,1-3H3/b16-13+/t18-/m0/s1. The minimum atomic E-state index is -1.26. The highest BCUT2D eigenvalue weighted by Crippen LogP contribution is 2.34. The van der Waals surface area contributed by atoms with Crippen molar-refractivity contribution in [1.82, 2.24) is 0 Å². The normalized spacial score (nSPS) is 18.8. The Hall–Kier alpha value is -1.03. The van der Waals surface area contributed by atoms with E-state index in [9.17, 15) is 8.60 Å². The Morgan fingerprint density at radius 3 is 2.28 bits per heavy atom. The summed E-state index contributed by atoms with van der Waals surface area (Å²) < 4.78 is 29.0. The van der Waals surface area contributed by atoms with E-state index in [4.69, 9.17) is 0 Å². The molecule has 0 saturated heterocycles. The van der Waals surface area contributed by atoms with E-state index in [0.717, 1.165) is 24.1 Å². The third-order valence-corrected chi connectivity index (χ3v) is 4.22. The first kappa shape index (κ1) is 13.4. The molecule has 0 unspecified atom stereocenters. The zero-order valence-corrected chi connectivity index (χ0v) is 11.8. The van der Waals surface area contributed by atoms with Gasteiger partial charge in [0.25, 0.3) is 0 Å². The van der Waals surface area contributed by atoms with Gasteiger partial charge in [0.15, 0.2) is 0 Å². The minimum absolute atomic E-state index is 0.258. The Bertz CT molecular complexity index is 484.